The van der Waals surface area contributed by atoms with Gasteiger partial charge < -0.3 is 14.8 Å². The first-order valence-corrected chi connectivity index (χ1v) is 10.1. The molecule has 0 unspecified atom stereocenters. The van der Waals surface area contributed by atoms with Gasteiger partial charge in [-0.2, -0.15) is 13.2 Å². The third-order valence-corrected chi connectivity index (χ3v) is 5.44. The fraction of sp³-hybridized carbons (Fsp3) is 0.158. The number of fused-ring (bicyclic) bond motifs is 2. The summed E-state index contributed by atoms with van der Waals surface area (Å²) in [6.45, 7) is 1.70. The lowest BCUT2D eigenvalue weighted by molar-refractivity contribution is -0.137. The molecule has 2 N–H and O–H groups in total. The molecule has 4 aromatic heterocycles. The second-order valence-corrected chi connectivity index (χ2v) is 7.69. The van der Waals surface area contributed by atoms with E-state index in [9.17, 15) is 18.0 Å². The van der Waals surface area contributed by atoms with Gasteiger partial charge in [-0.15, -0.1) is 11.3 Å². The summed E-state index contributed by atoms with van der Waals surface area (Å²) in [7, 11) is 0. The average Bonchev–Trinajstić information content (AvgIpc) is 3.50. The zero-order valence-electron chi connectivity index (χ0n) is 16.1. The zero-order chi connectivity index (χ0) is 22.5. The lowest BCUT2D eigenvalue weighted by Gasteiger charge is -2.10. The second kappa shape index (κ2) is 7.37. The second-order valence-electron chi connectivity index (χ2n) is 6.85. The minimum Gasteiger partial charge on any atom is -0.353 e. The molecule has 32 heavy (non-hydrogen) atoms. The van der Waals surface area contributed by atoms with Gasteiger partial charge in [-0.1, -0.05) is 5.16 Å². The average molecular weight is 459 g/mol. The first-order valence-electron chi connectivity index (χ1n) is 9.18. The van der Waals surface area contributed by atoms with Crippen molar-refractivity contribution in [3.63, 3.8) is 0 Å². The molecule has 0 radical (unpaired) electrons. The van der Waals surface area contributed by atoms with Gasteiger partial charge in [0.15, 0.2) is 11.5 Å². The Bertz CT molecular complexity index is 1460. The number of H-pyrrole nitrogens is 1. The van der Waals surface area contributed by atoms with Crippen molar-refractivity contribution in [1.29, 1.82) is 0 Å². The molecule has 1 amide bonds. The van der Waals surface area contributed by atoms with Crippen LogP contribution in [0.2, 0.25) is 0 Å². The molecule has 1 aromatic carbocycles. The Balaban J connectivity index is 1.37. The highest BCUT2D eigenvalue weighted by Crippen LogP contribution is 2.32. The van der Waals surface area contributed by atoms with Crippen molar-refractivity contribution in [2.24, 2.45) is 0 Å². The number of hydrogen-bond donors (Lipinski definition) is 2. The normalized spacial score (nSPS) is 13.0. The highest BCUT2D eigenvalue weighted by atomic mass is 32.1. The number of carbonyl (C=O) groups excluding carboxylic acids is 1. The molecule has 9 nitrogen and oxygen atoms in total. The molecule has 0 aliphatic carbocycles. The number of alkyl halides is 3. The third kappa shape index (κ3) is 3.56. The van der Waals surface area contributed by atoms with Crippen LogP contribution in [-0.2, 0) is 6.18 Å². The Morgan fingerprint density at radius 2 is 2.06 bits per heavy atom. The maximum absolute atomic E-state index is 12.9. The maximum atomic E-state index is 12.9. The predicted molar refractivity (Wildman–Crippen MR) is 108 cm³/mol. The van der Waals surface area contributed by atoms with Gasteiger partial charge in [0.05, 0.1) is 28.1 Å². The molecule has 1 atom stereocenters. The molecule has 0 aliphatic heterocycles. The fourth-order valence-electron chi connectivity index (χ4n) is 3.11. The number of hydrogen-bond acceptors (Lipinski definition) is 8. The summed E-state index contributed by atoms with van der Waals surface area (Å²) < 4.78 is 44.1. The van der Waals surface area contributed by atoms with Gasteiger partial charge in [0.2, 0.25) is 5.76 Å². The number of benzene rings is 1. The van der Waals surface area contributed by atoms with Crippen LogP contribution in [0, 0.1) is 0 Å². The Morgan fingerprint density at radius 1 is 1.22 bits per heavy atom. The van der Waals surface area contributed by atoms with Crippen molar-refractivity contribution in [2.45, 2.75) is 19.1 Å². The van der Waals surface area contributed by atoms with E-state index in [1.807, 2.05) is 0 Å². The number of amides is 1. The summed E-state index contributed by atoms with van der Waals surface area (Å²) in [6.07, 6.45) is -3.17. The van der Waals surface area contributed by atoms with Gasteiger partial charge in [-0.05, 0) is 25.1 Å². The number of aromatic nitrogens is 6. The van der Waals surface area contributed by atoms with E-state index in [0.717, 1.165) is 12.1 Å². The van der Waals surface area contributed by atoms with Crippen molar-refractivity contribution < 1.29 is 22.5 Å². The number of aromatic amines is 1. The highest BCUT2D eigenvalue weighted by molar-refractivity contribution is 7.16. The SMILES string of the molecule is C[C@@H](NC(=O)c1ncnc2scnc12)c1cc(-c2nc3ccc(C(F)(F)F)cc3[nH]2)on1. The first kappa shape index (κ1) is 20.1. The number of nitrogens with zero attached hydrogens (tertiary/aromatic N) is 5. The summed E-state index contributed by atoms with van der Waals surface area (Å²) >= 11 is 1.30. The Labute approximate surface area is 180 Å². The van der Waals surface area contributed by atoms with Crippen molar-refractivity contribution in [2.75, 3.05) is 0 Å². The van der Waals surface area contributed by atoms with Crippen LogP contribution in [0.5, 0.6) is 0 Å². The van der Waals surface area contributed by atoms with Gasteiger partial charge in [0, 0.05) is 6.07 Å². The van der Waals surface area contributed by atoms with Gasteiger partial charge in [-0.25, -0.2) is 19.9 Å². The topological polar surface area (TPSA) is 122 Å². The summed E-state index contributed by atoms with van der Waals surface area (Å²) in [6, 6.07) is 4.21. The van der Waals surface area contributed by atoms with Crippen molar-refractivity contribution in [3.05, 3.63) is 53.1 Å². The summed E-state index contributed by atoms with van der Waals surface area (Å²) in [5.41, 5.74) is 2.30. The number of carbonyl (C=O) groups is 1. The van der Waals surface area contributed by atoms with Crippen molar-refractivity contribution in [1.82, 2.24) is 35.4 Å². The number of halogens is 3. The molecule has 0 saturated heterocycles. The molecule has 0 aliphatic rings. The van der Waals surface area contributed by atoms with Crippen LogP contribution in [0.1, 0.15) is 34.7 Å². The van der Waals surface area contributed by atoms with Crippen LogP contribution in [0.4, 0.5) is 13.2 Å². The Kier molecular flexibility index (Phi) is 4.62. The summed E-state index contributed by atoms with van der Waals surface area (Å²) in [4.78, 5) is 32.5. The molecule has 5 aromatic rings. The zero-order valence-corrected chi connectivity index (χ0v) is 17.0. The smallest absolute Gasteiger partial charge is 0.353 e. The van der Waals surface area contributed by atoms with E-state index >= 15 is 0 Å². The van der Waals surface area contributed by atoms with E-state index in [4.69, 9.17) is 4.52 Å². The van der Waals surface area contributed by atoms with Crippen LogP contribution in [0.25, 0.3) is 33.0 Å². The van der Waals surface area contributed by atoms with E-state index in [1.54, 1.807) is 18.5 Å². The summed E-state index contributed by atoms with van der Waals surface area (Å²) in [5.74, 6) is -0.0184. The molecule has 5 rings (SSSR count). The van der Waals surface area contributed by atoms with Crippen LogP contribution >= 0.6 is 11.3 Å². The van der Waals surface area contributed by atoms with E-state index in [2.05, 4.69) is 35.4 Å². The minimum absolute atomic E-state index is 0.143. The largest absolute Gasteiger partial charge is 0.416 e. The molecule has 0 fully saturated rings. The molecular formula is C19H12F3N7O2S. The first-order chi connectivity index (χ1) is 15.3. The van der Waals surface area contributed by atoms with Gasteiger partial charge in [0.25, 0.3) is 5.91 Å². The monoisotopic (exact) mass is 459 g/mol. The number of nitrogens with one attached hydrogen (secondary N) is 2. The summed E-state index contributed by atoms with van der Waals surface area (Å²) in [5, 5.41) is 6.71. The Hall–Kier alpha value is -3.87. The maximum Gasteiger partial charge on any atom is 0.416 e. The predicted octanol–water partition coefficient (Wildman–Crippen LogP) is 4.13. The number of thiazole rings is 1. The van der Waals surface area contributed by atoms with Crippen LogP contribution in [-0.4, -0.2) is 36.0 Å². The van der Waals surface area contributed by atoms with E-state index in [1.165, 1.54) is 23.7 Å². The number of imidazole rings is 1. The van der Waals surface area contributed by atoms with Crippen LogP contribution in [0.15, 0.2) is 40.6 Å². The molecule has 0 bridgehead atoms. The fourth-order valence-corrected chi connectivity index (χ4v) is 3.73. The number of rotatable bonds is 4. The Morgan fingerprint density at radius 3 is 2.88 bits per heavy atom. The molecule has 0 saturated carbocycles. The lowest BCUT2D eigenvalue weighted by Crippen LogP contribution is -2.28. The van der Waals surface area contributed by atoms with E-state index in [0.29, 0.717) is 21.6 Å². The van der Waals surface area contributed by atoms with Crippen molar-refractivity contribution in [3.8, 4) is 11.6 Å². The lowest BCUT2D eigenvalue weighted by atomic mass is 10.2. The van der Waals surface area contributed by atoms with Gasteiger partial charge >= 0.3 is 6.18 Å². The van der Waals surface area contributed by atoms with Gasteiger partial charge in [-0.3, -0.25) is 4.79 Å². The van der Waals surface area contributed by atoms with Gasteiger partial charge in [0.1, 0.15) is 22.4 Å². The minimum atomic E-state index is -4.46. The molecular weight excluding hydrogens is 447 g/mol. The van der Waals surface area contributed by atoms with Crippen LogP contribution < -0.4 is 5.32 Å². The van der Waals surface area contributed by atoms with Crippen molar-refractivity contribution >= 4 is 38.6 Å². The van der Waals surface area contributed by atoms with E-state index in [-0.39, 0.29) is 22.8 Å². The molecule has 13 heteroatoms. The molecule has 0 spiro atoms. The quantitative estimate of drug-likeness (QED) is 0.414. The molecule has 162 valence electrons. The molecule has 4 heterocycles. The van der Waals surface area contributed by atoms with Crippen LogP contribution in [0.3, 0.4) is 0 Å². The highest BCUT2D eigenvalue weighted by Gasteiger charge is 2.31. The third-order valence-electron chi connectivity index (χ3n) is 4.71. The standard InChI is InChI=1S/C19H12F3N7O2S/c1-8(26-17(30)14-15-18(24-6-23-14)32-7-25-15)11-5-13(31-29-11)16-27-10-3-2-9(19(20,21)22)4-12(10)28-16/h2-8H,1H3,(H,26,30)(H,27,28)/t8-/m1/s1. The van der Waals surface area contributed by atoms with E-state index < -0.39 is 23.7 Å².